The van der Waals surface area contributed by atoms with Crippen LogP contribution in [0.5, 0.6) is 0 Å². The van der Waals surface area contributed by atoms with E-state index in [9.17, 15) is 5.11 Å². The monoisotopic (exact) mass is 259 g/mol. The van der Waals surface area contributed by atoms with Crippen molar-refractivity contribution >= 4 is 34.3 Å². The second-order valence-electron chi connectivity index (χ2n) is 2.14. The zero-order chi connectivity index (χ0) is 7.68. The zero-order valence-electron chi connectivity index (χ0n) is 5.66. The molecule has 1 heterocycles. The van der Waals surface area contributed by atoms with Crippen molar-refractivity contribution in [2.45, 2.75) is 0 Å². The molecule has 0 radical (unpaired) electrons. The van der Waals surface area contributed by atoms with Crippen LogP contribution >= 0.6 is 20.7 Å². The minimum atomic E-state index is -0.356. The second kappa shape index (κ2) is 2.83. The van der Waals surface area contributed by atoms with Crippen molar-refractivity contribution in [3.05, 3.63) is 29.8 Å². The van der Waals surface area contributed by atoms with Crippen molar-refractivity contribution in [1.29, 1.82) is 0 Å². The number of rotatable bonds is 0. The molecule has 0 aromatic heterocycles. The van der Waals surface area contributed by atoms with Crippen LogP contribution in [0.15, 0.2) is 29.3 Å². The first kappa shape index (κ1) is 7.12. The first-order chi connectivity index (χ1) is 5.38. The highest BCUT2D eigenvalue weighted by Crippen LogP contribution is 2.24. The van der Waals surface area contributed by atoms with Crippen LogP contribution in [0.3, 0.4) is 0 Å². The summed E-state index contributed by atoms with van der Waals surface area (Å²) in [6, 6.07) is 7.65. The summed E-state index contributed by atoms with van der Waals surface area (Å²) in [5.41, 5.74) is 1.79. The van der Waals surface area contributed by atoms with E-state index < -0.39 is 0 Å². The normalized spacial score (nSPS) is 14.8. The minimum Gasteiger partial charge on any atom is -0.355 e. The van der Waals surface area contributed by atoms with E-state index in [1.165, 1.54) is 0 Å². The highest BCUT2D eigenvalue weighted by molar-refractivity contribution is 14.2. The molecule has 0 saturated heterocycles. The Morgan fingerprint density at radius 1 is 1.27 bits per heavy atom. The van der Waals surface area contributed by atoms with E-state index in [2.05, 4.69) is 4.99 Å². The maximum atomic E-state index is 9.44. The predicted octanol–water partition coefficient (Wildman–Crippen LogP) is 2.18. The van der Waals surface area contributed by atoms with Gasteiger partial charge in [-0.3, -0.25) is 0 Å². The van der Waals surface area contributed by atoms with Crippen molar-refractivity contribution in [3.63, 3.8) is 0 Å². The van der Waals surface area contributed by atoms with Crippen molar-refractivity contribution in [1.82, 2.24) is 0 Å². The Morgan fingerprint density at radius 2 is 2.09 bits per heavy atom. The molecule has 1 aromatic rings. The number of nitrogens with zero attached hydrogens (tertiary/aromatic N) is 1. The molecular formula is C8H6INO. The molecule has 0 fully saturated rings. The smallest absolute Gasteiger partial charge is 0.115 e. The van der Waals surface area contributed by atoms with E-state index in [0.717, 1.165) is 11.3 Å². The summed E-state index contributed by atoms with van der Waals surface area (Å²) >= 11 is -0.356. The molecule has 0 bridgehead atoms. The molecule has 1 N–H and O–H groups in total. The average molecular weight is 259 g/mol. The third-order valence-corrected chi connectivity index (χ3v) is 3.19. The Bertz CT molecular complexity index is 344. The van der Waals surface area contributed by atoms with Gasteiger partial charge < -0.3 is 5.11 Å². The molecule has 0 atom stereocenters. The number of hydrogen-bond acceptors (Lipinski definition) is 2. The molecule has 56 valence electrons. The Hall–Kier alpha value is -0.550. The van der Waals surface area contributed by atoms with Gasteiger partial charge in [-0.25, -0.2) is 4.99 Å². The largest absolute Gasteiger partial charge is 0.355 e. The van der Waals surface area contributed by atoms with Gasteiger partial charge in [0.25, 0.3) is 0 Å². The molecule has 1 aliphatic rings. The molecule has 0 aliphatic carbocycles. The van der Waals surface area contributed by atoms with Crippen molar-refractivity contribution in [2.24, 2.45) is 4.99 Å². The lowest BCUT2D eigenvalue weighted by molar-refractivity contribution is 0.573. The van der Waals surface area contributed by atoms with Gasteiger partial charge in [-0.1, -0.05) is 12.1 Å². The van der Waals surface area contributed by atoms with Crippen LogP contribution in [-0.2, 0) is 0 Å². The number of halogens is 1. The lowest BCUT2D eigenvalue weighted by Gasteiger charge is -2.05. The van der Waals surface area contributed by atoms with Crippen LogP contribution < -0.4 is 0 Å². The predicted molar refractivity (Wildman–Crippen MR) is 54.7 cm³/mol. The standard InChI is InChI=1S/C8H6INO/c11-8-6-3-1-2-4-7(6)10-5-9-8/h1-5,11H. The van der Waals surface area contributed by atoms with Gasteiger partial charge in [-0.15, -0.1) is 0 Å². The molecule has 2 nitrogen and oxygen atoms in total. The number of hydrogen-bond donors (Lipinski definition) is 1. The summed E-state index contributed by atoms with van der Waals surface area (Å²) < 4.78 is 2.35. The first-order valence-corrected chi connectivity index (χ1v) is 5.51. The van der Waals surface area contributed by atoms with E-state index in [1.807, 2.05) is 28.5 Å². The SMILES string of the molecule is OC1=IC=Nc2ccccc21. The Morgan fingerprint density at radius 3 is 2.91 bits per heavy atom. The molecular weight excluding hydrogens is 253 g/mol. The fourth-order valence-corrected chi connectivity index (χ4v) is 2.44. The fourth-order valence-electron chi connectivity index (χ4n) is 0.943. The number of aliphatic hydroxyl groups is 1. The number of para-hydroxylation sites is 1. The summed E-state index contributed by atoms with van der Waals surface area (Å²) in [6.07, 6.45) is 0. The Kier molecular flexibility index (Phi) is 1.83. The van der Waals surface area contributed by atoms with Crippen LogP contribution in [0, 0.1) is 0 Å². The maximum absolute atomic E-state index is 9.44. The van der Waals surface area contributed by atoms with Crippen molar-refractivity contribution in [3.8, 4) is 0 Å². The van der Waals surface area contributed by atoms with Gasteiger partial charge in [0.15, 0.2) is 0 Å². The molecule has 3 heteroatoms. The highest BCUT2D eigenvalue weighted by atomic mass is 127. The van der Waals surface area contributed by atoms with Crippen LogP contribution in [0.2, 0.25) is 0 Å². The highest BCUT2D eigenvalue weighted by Gasteiger charge is 2.06. The van der Waals surface area contributed by atoms with E-state index in [0.29, 0.717) is 3.69 Å². The molecule has 1 aliphatic heterocycles. The number of benzene rings is 1. The van der Waals surface area contributed by atoms with Crippen LogP contribution in [-0.4, -0.2) is 13.0 Å². The molecule has 0 saturated carbocycles. The number of fused-ring (bicyclic) bond motifs is 1. The van der Waals surface area contributed by atoms with Crippen molar-refractivity contribution < 1.29 is 5.11 Å². The summed E-state index contributed by atoms with van der Waals surface area (Å²) in [4.78, 5) is 4.19. The topological polar surface area (TPSA) is 32.6 Å². The quantitative estimate of drug-likeness (QED) is 0.711. The van der Waals surface area contributed by atoms with Crippen molar-refractivity contribution in [2.75, 3.05) is 0 Å². The van der Waals surface area contributed by atoms with Crippen LogP contribution in [0.4, 0.5) is 5.69 Å². The number of aliphatic imine (C=N–C) groups is 1. The van der Waals surface area contributed by atoms with Gasteiger partial charge in [0.2, 0.25) is 0 Å². The third-order valence-electron chi connectivity index (χ3n) is 1.47. The summed E-state index contributed by atoms with van der Waals surface area (Å²) in [5, 5.41) is 9.44. The molecule has 0 unspecified atom stereocenters. The van der Waals surface area contributed by atoms with E-state index in [-0.39, 0.29) is 20.7 Å². The summed E-state index contributed by atoms with van der Waals surface area (Å²) in [6.45, 7) is 0. The molecule has 0 spiro atoms. The van der Waals surface area contributed by atoms with Crippen LogP contribution in [0.25, 0.3) is 0 Å². The summed E-state index contributed by atoms with van der Waals surface area (Å²) in [5.74, 6) is 0. The fraction of sp³-hybridized carbons (Fsp3) is 0. The summed E-state index contributed by atoms with van der Waals surface area (Å²) in [7, 11) is 0. The van der Waals surface area contributed by atoms with Gasteiger partial charge in [0.1, 0.15) is 3.69 Å². The second-order valence-corrected chi connectivity index (χ2v) is 4.35. The third kappa shape index (κ3) is 1.25. The lowest BCUT2D eigenvalue weighted by Crippen LogP contribution is -1.97. The van der Waals surface area contributed by atoms with Gasteiger partial charge in [-0.05, 0) is 32.9 Å². The molecule has 1 aromatic carbocycles. The minimum absolute atomic E-state index is 0.356. The maximum Gasteiger partial charge on any atom is 0.115 e. The van der Waals surface area contributed by atoms with E-state index in [1.54, 1.807) is 0 Å². The Balaban J connectivity index is 2.67. The van der Waals surface area contributed by atoms with Gasteiger partial charge in [0, 0.05) is 5.56 Å². The molecule has 0 amide bonds. The number of aliphatic hydroxyl groups excluding tert-OH is 1. The van der Waals surface area contributed by atoms with E-state index in [4.69, 9.17) is 0 Å². The van der Waals surface area contributed by atoms with Crippen LogP contribution in [0.1, 0.15) is 5.56 Å². The van der Waals surface area contributed by atoms with Gasteiger partial charge in [0.05, 0.1) is 9.91 Å². The molecule has 2 rings (SSSR count). The lowest BCUT2D eigenvalue weighted by atomic mass is 10.2. The first-order valence-electron chi connectivity index (χ1n) is 3.19. The van der Waals surface area contributed by atoms with E-state index >= 15 is 0 Å². The van der Waals surface area contributed by atoms with Gasteiger partial charge >= 0.3 is 0 Å². The zero-order valence-corrected chi connectivity index (χ0v) is 7.82. The Labute approximate surface area is 74.3 Å². The molecule has 11 heavy (non-hydrogen) atoms. The van der Waals surface area contributed by atoms with Gasteiger partial charge in [-0.2, -0.15) is 0 Å². The average Bonchev–Trinajstić information content (AvgIpc) is 2.06.